The van der Waals surface area contributed by atoms with Gasteiger partial charge in [-0.05, 0) is 37.8 Å². The van der Waals surface area contributed by atoms with Gasteiger partial charge in [-0.15, -0.1) is 0 Å². The molecule has 0 aliphatic carbocycles. The molecule has 2 nitrogen and oxygen atoms in total. The number of piperazine rings is 1. The van der Waals surface area contributed by atoms with E-state index in [2.05, 4.69) is 68.7 Å². The predicted molar refractivity (Wildman–Crippen MR) is 87.1 cm³/mol. The van der Waals surface area contributed by atoms with E-state index in [1.165, 1.54) is 30.8 Å². The molecule has 0 saturated carbocycles. The minimum Gasteiger partial charge on any atom is -0.298 e. The van der Waals surface area contributed by atoms with Crippen LogP contribution in [0.4, 0.5) is 0 Å². The lowest BCUT2D eigenvalue weighted by atomic mass is 10.0. The Kier molecular flexibility index (Phi) is 5.22. The summed E-state index contributed by atoms with van der Waals surface area (Å²) in [6, 6.07) is 10.4. The second-order valence-corrected chi connectivity index (χ2v) is 6.81. The molecule has 0 spiro atoms. The van der Waals surface area contributed by atoms with Crippen LogP contribution in [0.5, 0.6) is 0 Å². The van der Waals surface area contributed by atoms with E-state index in [-0.39, 0.29) is 0 Å². The highest BCUT2D eigenvalue weighted by Gasteiger charge is 2.24. The summed E-state index contributed by atoms with van der Waals surface area (Å²) in [7, 11) is 0. The third-order valence-corrected chi connectivity index (χ3v) is 4.53. The molecule has 1 aliphatic rings. The fourth-order valence-electron chi connectivity index (χ4n) is 3.01. The number of benzene rings is 1. The van der Waals surface area contributed by atoms with E-state index in [1.807, 2.05) is 0 Å². The van der Waals surface area contributed by atoms with Crippen molar-refractivity contribution in [2.75, 3.05) is 19.6 Å². The van der Waals surface area contributed by atoms with Crippen molar-refractivity contribution in [2.45, 2.75) is 59.2 Å². The van der Waals surface area contributed by atoms with Crippen molar-refractivity contribution in [1.82, 2.24) is 9.80 Å². The first-order chi connectivity index (χ1) is 9.47. The highest BCUT2D eigenvalue weighted by Crippen LogP contribution is 2.19. The summed E-state index contributed by atoms with van der Waals surface area (Å²) in [5.74, 6) is 0.616. The Labute approximate surface area is 124 Å². The lowest BCUT2D eigenvalue weighted by molar-refractivity contribution is 0.0597. The van der Waals surface area contributed by atoms with Crippen molar-refractivity contribution >= 4 is 0 Å². The molecule has 1 aromatic rings. The van der Waals surface area contributed by atoms with Crippen molar-refractivity contribution in [3.8, 4) is 0 Å². The fraction of sp³-hybridized carbons (Fsp3) is 0.667. The van der Waals surface area contributed by atoms with Gasteiger partial charge >= 0.3 is 0 Å². The van der Waals surface area contributed by atoms with Crippen molar-refractivity contribution in [3.05, 3.63) is 35.4 Å². The largest absolute Gasteiger partial charge is 0.298 e. The van der Waals surface area contributed by atoms with Gasteiger partial charge in [0.15, 0.2) is 0 Å². The minimum atomic E-state index is 0.616. The Balaban J connectivity index is 1.98. The molecule has 1 heterocycles. The maximum Gasteiger partial charge on any atom is 0.0237 e. The number of rotatable bonds is 4. The van der Waals surface area contributed by atoms with Crippen LogP contribution in [0, 0.1) is 0 Å². The van der Waals surface area contributed by atoms with E-state index in [9.17, 15) is 0 Å². The lowest BCUT2D eigenvalue weighted by Gasteiger charge is -2.41. The summed E-state index contributed by atoms with van der Waals surface area (Å²) < 4.78 is 0. The molecule has 1 unspecified atom stereocenters. The summed E-state index contributed by atoms with van der Waals surface area (Å²) in [6.45, 7) is 16.2. The summed E-state index contributed by atoms with van der Waals surface area (Å²) in [5.41, 5.74) is 2.91. The average molecular weight is 274 g/mol. The van der Waals surface area contributed by atoms with E-state index in [1.54, 1.807) is 0 Å². The Morgan fingerprint density at radius 3 is 2.50 bits per heavy atom. The molecule has 0 bridgehead atoms. The maximum atomic E-state index is 2.62. The van der Waals surface area contributed by atoms with Crippen LogP contribution in [0.2, 0.25) is 0 Å². The quantitative estimate of drug-likeness (QED) is 0.825. The molecule has 1 aliphatic heterocycles. The third-order valence-electron chi connectivity index (χ3n) is 4.53. The topological polar surface area (TPSA) is 6.48 Å². The van der Waals surface area contributed by atoms with Gasteiger partial charge in [-0.25, -0.2) is 0 Å². The summed E-state index contributed by atoms with van der Waals surface area (Å²) in [4.78, 5) is 5.21. The highest BCUT2D eigenvalue weighted by molar-refractivity contribution is 5.25. The van der Waals surface area contributed by atoms with Crippen molar-refractivity contribution < 1.29 is 0 Å². The molecule has 1 atom stereocenters. The molecule has 0 amide bonds. The summed E-state index contributed by atoms with van der Waals surface area (Å²) >= 11 is 0. The Bertz CT molecular complexity index is 425. The fourth-order valence-corrected chi connectivity index (χ4v) is 3.01. The van der Waals surface area contributed by atoms with Gasteiger partial charge in [0.05, 0.1) is 0 Å². The predicted octanol–water partition coefficient (Wildman–Crippen LogP) is 3.72. The van der Waals surface area contributed by atoms with Gasteiger partial charge in [0, 0.05) is 38.3 Å². The van der Waals surface area contributed by atoms with Crippen LogP contribution in [0.15, 0.2) is 24.3 Å². The van der Waals surface area contributed by atoms with E-state index in [0.717, 1.165) is 6.54 Å². The van der Waals surface area contributed by atoms with Crippen molar-refractivity contribution in [2.24, 2.45) is 0 Å². The molecule has 1 saturated heterocycles. The van der Waals surface area contributed by atoms with Gasteiger partial charge in [-0.2, -0.15) is 0 Å². The van der Waals surface area contributed by atoms with Crippen LogP contribution in [0.25, 0.3) is 0 Å². The van der Waals surface area contributed by atoms with Crippen LogP contribution in [0.3, 0.4) is 0 Å². The standard InChI is InChI=1S/C18H30N2/c1-14(2)18-8-6-7-17(11-18)13-20-10-9-19(15(3)4)12-16(20)5/h6-8,11,14-16H,9-10,12-13H2,1-5H3. The minimum absolute atomic E-state index is 0.616. The van der Waals surface area contributed by atoms with Crippen LogP contribution in [-0.4, -0.2) is 41.5 Å². The molecule has 0 radical (unpaired) electrons. The summed E-state index contributed by atoms with van der Waals surface area (Å²) in [6.07, 6.45) is 0. The zero-order valence-corrected chi connectivity index (χ0v) is 13.8. The second-order valence-electron chi connectivity index (χ2n) is 6.81. The van der Waals surface area contributed by atoms with E-state index >= 15 is 0 Å². The number of nitrogens with zero attached hydrogens (tertiary/aromatic N) is 2. The van der Waals surface area contributed by atoms with E-state index in [4.69, 9.17) is 0 Å². The SMILES string of the molecule is CC(C)c1cccc(CN2CCN(C(C)C)CC2C)c1. The molecule has 2 heteroatoms. The zero-order chi connectivity index (χ0) is 14.7. The first kappa shape index (κ1) is 15.5. The zero-order valence-electron chi connectivity index (χ0n) is 13.8. The first-order valence-electron chi connectivity index (χ1n) is 8.04. The highest BCUT2D eigenvalue weighted by atomic mass is 15.3. The van der Waals surface area contributed by atoms with Gasteiger partial charge in [-0.3, -0.25) is 9.80 Å². The molecule has 1 fully saturated rings. The van der Waals surface area contributed by atoms with Crippen molar-refractivity contribution in [1.29, 1.82) is 0 Å². The second kappa shape index (κ2) is 6.73. The Morgan fingerprint density at radius 1 is 1.15 bits per heavy atom. The van der Waals surface area contributed by atoms with Crippen LogP contribution in [0.1, 0.15) is 51.7 Å². The Morgan fingerprint density at radius 2 is 1.90 bits per heavy atom. The molecule has 20 heavy (non-hydrogen) atoms. The average Bonchev–Trinajstić information content (AvgIpc) is 2.41. The monoisotopic (exact) mass is 274 g/mol. The van der Waals surface area contributed by atoms with E-state index < -0.39 is 0 Å². The van der Waals surface area contributed by atoms with Gasteiger partial charge in [0.25, 0.3) is 0 Å². The van der Waals surface area contributed by atoms with Gasteiger partial charge in [0.1, 0.15) is 0 Å². The molecule has 0 aromatic heterocycles. The smallest absolute Gasteiger partial charge is 0.0237 e. The number of hydrogen-bond acceptors (Lipinski definition) is 2. The normalized spacial score (nSPS) is 21.9. The molecule has 0 N–H and O–H groups in total. The molecular weight excluding hydrogens is 244 g/mol. The summed E-state index contributed by atoms with van der Waals surface area (Å²) in [5, 5.41) is 0. The maximum absolute atomic E-state index is 2.62. The van der Waals surface area contributed by atoms with Crippen molar-refractivity contribution in [3.63, 3.8) is 0 Å². The molecule has 2 rings (SSSR count). The van der Waals surface area contributed by atoms with Crippen LogP contribution >= 0.6 is 0 Å². The lowest BCUT2D eigenvalue weighted by Crippen LogP contribution is -2.53. The first-order valence-corrected chi connectivity index (χ1v) is 8.04. The molecule has 112 valence electrons. The Hall–Kier alpha value is -0.860. The van der Waals surface area contributed by atoms with Crippen LogP contribution in [-0.2, 0) is 6.54 Å². The molecule has 1 aromatic carbocycles. The van der Waals surface area contributed by atoms with Crippen LogP contribution < -0.4 is 0 Å². The van der Waals surface area contributed by atoms with Gasteiger partial charge in [-0.1, -0.05) is 38.1 Å². The van der Waals surface area contributed by atoms with Gasteiger partial charge in [0.2, 0.25) is 0 Å². The van der Waals surface area contributed by atoms with E-state index in [0.29, 0.717) is 18.0 Å². The third kappa shape index (κ3) is 3.83. The molecular formula is C18H30N2. The van der Waals surface area contributed by atoms with Gasteiger partial charge < -0.3 is 0 Å². The number of hydrogen-bond donors (Lipinski definition) is 0.